The van der Waals surface area contributed by atoms with Crippen LogP contribution in [0.4, 0.5) is 0 Å². The van der Waals surface area contributed by atoms with E-state index in [0.717, 1.165) is 5.54 Å². The molecule has 0 aromatic rings. The zero-order chi connectivity index (χ0) is 17.3. The SMILES string of the molecule is CC[Si](CC)(CC)O[SiH](O[Si](CC)(CC)CC)C1CCCCC1. The zero-order valence-corrected chi connectivity index (χ0v) is 19.9. The van der Waals surface area contributed by atoms with E-state index in [9.17, 15) is 0 Å². The highest BCUT2D eigenvalue weighted by atomic mass is 28.4. The minimum Gasteiger partial charge on any atom is -0.438 e. The molecule has 0 aromatic carbocycles. The lowest BCUT2D eigenvalue weighted by Crippen LogP contribution is -2.51. The Morgan fingerprint density at radius 2 is 1.00 bits per heavy atom. The summed E-state index contributed by atoms with van der Waals surface area (Å²) in [5.41, 5.74) is 0.789. The van der Waals surface area contributed by atoms with Crippen LogP contribution in [0, 0.1) is 0 Å². The highest BCUT2D eigenvalue weighted by molar-refractivity contribution is 6.84. The predicted molar refractivity (Wildman–Crippen MR) is 111 cm³/mol. The molecule has 138 valence electrons. The minimum absolute atomic E-state index is 0.789. The molecule has 0 saturated heterocycles. The van der Waals surface area contributed by atoms with Crippen LogP contribution in [0.3, 0.4) is 0 Å². The van der Waals surface area contributed by atoms with E-state index in [1.165, 1.54) is 68.4 Å². The van der Waals surface area contributed by atoms with E-state index < -0.39 is 25.9 Å². The largest absolute Gasteiger partial charge is 0.438 e. The first-order valence-corrected chi connectivity index (χ1v) is 17.1. The van der Waals surface area contributed by atoms with Gasteiger partial charge in [-0.2, -0.15) is 0 Å². The molecule has 0 aliphatic heterocycles. The van der Waals surface area contributed by atoms with Gasteiger partial charge in [0.2, 0.25) is 0 Å². The molecule has 1 rings (SSSR count). The van der Waals surface area contributed by atoms with Crippen LogP contribution < -0.4 is 0 Å². The van der Waals surface area contributed by atoms with Crippen molar-refractivity contribution in [3.63, 3.8) is 0 Å². The van der Waals surface area contributed by atoms with E-state index in [1.807, 2.05) is 0 Å². The lowest BCUT2D eigenvalue weighted by molar-refractivity contribution is 0.351. The lowest BCUT2D eigenvalue weighted by Gasteiger charge is -2.42. The van der Waals surface area contributed by atoms with Gasteiger partial charge in [0, 0.05) is 0 Å². The molecule has 1 aliphatic rings. The molecule has 0 radical (unpaired) electrons. The van der Waals surface area contributed by atoms with Crippen molar-refractivity contribution in [1.29, 1.82) is 0 Å². The first-order chi connectivity index (χ1) is 11.0. The van der Waals surface area contributed by atoms with Crippen molar-refractivity contribution in [2.24, 2.45) is 0 Å². The van der Waals surface area contributed by atoms with E-state index in [-0.39, 0.29) is 0 Å². The van der Waals surface area contributed by atoms with E-state index in [1.54, 1.807) is 0 Å². The van der Waals surface area contributed by atoms with Gasteiger partial charge in [0.05, 0.1) is 0 Å². The molecule has 1 fully saturated rings. The molecule has 0 aromatic heterocycles. The summed E-state index contributed by atoms with van der Waals surface area (Å²) in [6.45, 7) is 14.1. The van der Waals surface area contributed by atoms with Crippen LogP contribution in [-0.2, 0) is 8.23 Å². The van der Waals surface area contributed by atoms with Crippen LogP contribution in [0.5, 0.6) is 0 Å². The monoisotopic (exact) mass is 374 g/mol. The standard InChI is InChI=1S/C18H42O2Si3/c1-7-22(8-2,9-3)19-21(18-16-14-13-15-17-18)20-23(10-4,11-5)12-6/h18,21H,7-17H2,1-6H3. The van der Waals surface area contributed by atoms with Crippen molar-refractivity contribution in [3.8, 4) is 0 Å². The van der Waals surface area contributed by atoms with Gasteiger partial charge in [-0.3, -0.25) is 0 Å². The third-order valence-electron chi connectivity index (χ3n) is 6.63. The molecular weight excluding hydrogens is 332 g/mol. The zero-order valence-electron chi connectivity index (χ0n) is 16.7. The lowest BCUT2D eigenvalue weighted by atomic mass is 10.0. The first kappa shape index (κ1) is 21.6. The van der Waals surface area contributed by atoms with Crippen LogP contribution in [-0.4, -0.2) is 25.9 Å². The Bertz CT molecular complexity index is 273. The third-order valence-corrected chi connectivity index (χ3v) is 21.7. The molecule has 0 amide bonds. The van der Waals surface area contributed by atoms with E-state index in [2.05, 4.69) is 41.5 Å². The van der Waals surface area contributed by atoms with Crippen LogP contribution >= 0.6 is 0 Å². The molecule has 0 unspecified atom stereocenters. The summed E-state index contributed by atoms with van der Waals surface area (Å²) in [6.07, 6.45) is 6.98. The molecule has 5 heteroatoms. The number of hydrogen-bond donors (Lipinski definition) is 0. The van der Waals surface area contributed by atoms with Gasteiger partial charge in [-0.05, 0) is 54.6 Å². The topological polar surface area (TPSA) is 18.5 Å². The van der Waals surface area contributed by atoms with Gasteiger partial charge < -0.3 is 8.23 Å². The van der Waals surface area contributed by atoms with Crippen LogP contribution in [0.1, 0.15) is 73.6 Å². The third kappa shape index (κ3) is 5.80. The molecule has 23 heavy (non-hydrogen) atoms. The normalized spacial score (nSPS) is 17.9. The molecule has 0 bridgehead atoms. The fraction of sp³-hybridized carbons (Fsp3) is 1.00. The van der Waals surface area contributed by atoms with Gasteiger partial charge in [0.25, 0.3) is 0 Å². The molecule has 0 atom stereocenters. The summed E-state index contributed by atoms with van der Waals surface area (Å²) in [4.78, 5) is 0. The average Bonchev–Trinajstić information content (AvgIpc) is 2.64. The van der Waals surface area contributed by atoms with Crippen LogP contribution in [0.25, 0.3) is 0 Å². The summed E-state index contributed by atoms with van der Waals surface area (Å²) in [5.74, 6) is 0. The Hall–Kier alpha value is 0.571. The van der Waals surface area contributed by atoms with Crippen molar-refractivity contribution >= 4 is 25.9 Å². The fourth-order valence-electron chi connectivity index (χ4n) is 4.12. The molecule has 2 nitrogen and oxygen atoms in total. The van der Waals surface area contributed by atoms with Crippen molar-refractivity contribution < 1.29 is 8.23 Å². The second kappa shape index (κ2) is 10.5. The second-order valence-electron chi connectivity index (χ2n) is 7.49. The quantitative estimate of drug-likeness (QED) is 0.380. The second-order valence-corrected chi connectivity index (χ2v) is 20.0. The maximum Gasteiger partial charge on any atom is 0.304 e. The Morgan fingerprint density at radius 3 is 1.30 bits per heavy atom. The van der Waals surface area contributed by atoms with Gasteiger partial charge in [-0.1, -0.05) is 60.8 Å². The van der Waals surface area contributed by atoms with Crippen molar-refractivity contribution in [2.45, 2.75) is 115 Å². The van der Waals surface area contributed by atoms with Crippen LogP contribution in [0.2, 0.25) is 41.8 Å². The van der Waals surface area contributed by atoms with E-state index in [0.29, 0.717) is 0 Å². The van der Waals surface area contributed by atoms with Gasteiger partial charge in [0.1, 0.15) is 0 Å². The van der Waals surface area contributed by atoms with Gasteiger partial charge in [-0.15, -0.1) is 0 Å². The minimum atomic E-state index is -1.55. The highest BCUT2D eigenvalue weighted by Crippen LogP contribution is 2.37. The van der Waals surface area contributed by atoms with E-state index >= 15 is 0 Å². The van der Waals surface area contributed by atoms with Crippen molar-refractivity contribution in [2.75, 3.05) is 0 Å². The maximum atomic E-state index is 7.08. The molecule has 1 aliphatic carbocycles. The predicted octanol–water partition coefficient (Wildman–Crippen LogP) is 6.58. The summed E-state index contributed by atoms with van der Waals surface area (Å²) >= 11 is 0. The molecule has 1 saturated carbocycles. The Labute approximate surface area is 149 Å². The Kier molecular flexibility index (Phi) is 9.90. The first-order valence-electron chi connectivity index (χ1n) is 10.4. The van der Waals surface area contributed by atoms with Gasteiger partial charge in [-0.25, -0.2) is 0 Å². The van der Waals surface area contributed by atoms with Gasteiger partial charge >= 0.3 is 9.28 Å². The smallest absolute Gasteiger partial charge is 0.304 e. The molecular formula is C18H42O2Si3. The molecule has 0 heterocycles. The van der Waals surface area contributed by atoms with E-state index in [4.69, 9.17) is 8.23 Å². The number of rotatable bonds is 11. The summed E-state index contributed by atoms with van der Waals surface area (Å²) < 4.78 is 14.2. The van der Waals surface area contributed by atoms with Gasteiger partial charge in [0.15, 0.2) is 16.6 Å². The Balaban J connectivity index is 2.96. The highest BCUT2D eigenvalue weighted by Gasteiger charge is 2.41. The summed E-state index contributed by atoms with van der Waals surface area (Å²) in [6, 6.07) is 7.57. The molecule has 0 N–H and O–H groups in total. The fourth-order valence-corrected chi connectivity index (χ4v) is 18.2. The van der Waals surface area contributed by atoms with Crippen LogP contribution in [0.15, 0.2) is 0 Å². The summed E-state index contributed by atoms with van der Waals surface area (Å²) in [7, 11) is -4.63. The number of hydrogen-bond acceptors (Lipinski definition) is 2. The van der Waals surface area contributed by atoms with Crippen molar-refractivity contribution in [1.82, 2.24) is 0 Å². The average molecular weight is 375 g/mol. The maximum absolute atomic E-state index is 7.08. The Morgan fingerprint density at radius 1 is 0.652 bits per heavy atom. The van der Waals surface area contributed by atoms with Crippen molar-refractivity contribution in [3.05, 3.63) is 0 Å². The molecule has 0 spiro atoms. The summed E-state index contributed by atoms with van der Waals surface area (Å²) in [5, 5.41) is 0.